The molecule has 0 unspecified atom stereocenters. The summed E-state index contributed by atoms with van der Waals surface area (Å²) in [5.74, 6) is 0. The molecule has 5 rings (SSSR count). The molecule has 35 heavy (non-hydrogen) atoms. The Bertz CT molecular complexity index is 1390. The maximum absolute atomic E-state index is 2.43. The van der Waals surface area contributed by atoms with Crippen molar-refractivity contribution in [1.29, 1.82) is 0 Å². The van der Waals surface area contributed by atoms with Gasteiger partial charge in [0.25, 0.3) is 0 Å². The number of rotatable bonds is 13. The summed E-state index contributed by atoms with van der Waals surface area (Å²) in [6, 6.07) is 23.4. The van der Waals surface area contributed by atoms with Crippen molar-refractivity contribution in [1.82, 2.24) is 0 Å². The Balaban J connectivity index is 1.14. The van der Waals surface area contributed by atoms with Crippen molar-refractivity contribution in [2.75, 3.05) is 0 Å². The predicted octanol–water partition coefficient (Wildman–Crippen LogP) is 11.6. The minimum Gasteiger partial charge on any atom is -0.144 e. The molecule has 4 aromatic carbocycles. The van der Waals surface area contributed by atoms with Crippen LogP contribution in [0.5, 0.6) is 0 Å². The van der Waals surface area contributed by atoms with Crippen LogP contribution >= 0.6 is 11.3 Å². The van der Waals surface area contributed by atoms with E-state index in [9.17, 15) is 0 Å². The van der Waals surface area contributed by atoms with Crippen molar-refractivity contribution in [3.05, 3.63) is 71.6 Å². The average molecular weight is 481 g/mol. The molecule has 0 bridgehead atoms. The van der Waals surface area contributed by atoms with Crippen LogP contribution in [-0.4, -0.2) is 0 Å². The van der Waals surface area contributed by atoms with Crippen LogP contribution in [0.25, 0.3) is 42.4 Å². The molecule has 1 heteroatoms. The van der Waals surface area contributed by atoms with Crippen molar-refractivity contribution in [3.8, 4) is 0 Å². The van der Waals surface area contributed by atoms with E-state index in [1.807, 2.05) is 11.3 Å². The molecule has 0 fully saturated rings. The van der Waals surface area contributed by atoms with Crippen LogP contribution in [-0.2, 0) is 6.42 Å². The summed E-state index contributed by atoms with van der Waals surface area (Å²) in [6.07, 6.45) is 18.2. The highest BCUT2D eigenvalue weighted by molar-refractivity contribution is 7.17. The topological polar surface area (TPSA) is 0 Å². The van der Waals surface area contributed by atoms with Crippen LogP contribution in [0.15, 0.2) is 66.0 Å². The molecule has 0 spiro atoms. The number of thiophene rings is 1. The molecule has 0 saturated heterocycles. The zero-order valence-corrected chi connectivity index (χ0v) is 22.3. The van der Waals surface area contributed by atoms with Crippen LogP contribution in [0, 0.1) is 0 Å². The minimum atomic E-state index is 1.21. The van der Waals surface area contributed by atoms with Crippen LogP contribution in [0.3, 0.4) is 0 Å². The van der Waals surface area contributed by atoms with E-state index in [-0.39, 0.29) is 0 Å². The van der Waals surface area contributed by atoms with Gasteiger partial charge in [0, 0.05) is 10.1 Å². The fraction of sp³-hybridized carbons (Fsp3) is 0.412. The third-order valence-electron chi connectivity index (χ3n) is 7.79. The average Bonchev–Trinajstić information content (AvgIpc) is 3.37. The first-order valence-corrected chi connectivity index (χ1v) is 15.0. The largest absolute Gasteiger partial charge is 0.144 e. The number of fused-ring (bicyclic) bond motifs is 6. The second-order valence-corrected chi connectivity index (χ2v) is 11.4. The Morgan fingerprint density at radius 3 is 1.91 bits per heavy atom. The Kier molecular flexibility index (Phi) is 8.37. The molecule has 0 N–H and O–H groups in total. The summed E-state index contributed by atoms with van der Waals surface area (Å²) in [7, 11) is 0. The van der Waals surface area contributed by atoms with Gasteiger partial charge in [-0.3, -0.25) is 0 Å². The monoisotopic (exact) mass is 480 g/mol. The standard InChI is InChI=1S/C34H40S/c1-2-3-4-5-6-7-8-9-10-11-12-13-14-26-15-16-27-25-33-28(24-29(27)23-26)17-18-30-31(33)19-20-34-32(30)21-22-35-34/h15-25H,2-14H2,1H3. The minimum absolute atomic E-state index is 1.21. The van der Waals surface area contributed by atoms with Crippen LogP contribution in [0.2, 0.25) is 0 Å². The van der Waals surface area contributed by atoms with Gasteiger partial charge in [-0.15, -0.1) is 11.3 Å². The fourth-order valence-electron chi connectivity index (χ4n) is 5.72. The van der Waals surface area contributed by atoms with Gasteiger partial charge in [0.15, 0.2) is 0 Å². The first-order chi connectivity index (χ1) is 17.3. The molecule has 182 valence electrons. The summed E-state index contributed by atoms with van der Waals surface area (Å²) < 4.78 is 1.38. The van der Waals surface area contributed by atoms with E-state index < -0.39 is 0 Å². The molecule has 0 nitrogen and oxygen atoms in total. The molecular weight excluding hydrogens is 440 g/mol. The van der Waals surface area contributed by atoms with E-state index in [0.29, 0.717) is 0 Å². The zero-order valence-electron chi connectivity index (χ0n) is 21.5. The number of hydrogen-bond acceptors (Lipinski definition) is 1. The smallest absolute Gasteiger partial charge is 0.0349 e. The fourth-order valence-corrected chi connectivity index (χ4v) is 6.52. The van der Waals surface area contributed by atoms with Crippen LogP contribution in [0.4, 0.5) is 0 Å². The molecule has 0 radical (unpaired) electrons. The third kappa shape index (κ3) is 5.89. The van der Waals surface area contributed by atoms with Gasteiger partial charge in [0.2, 0.25) is 0 Å². The lowest BCUT2D eigenvalue weighted by Crippen LogP contribution is -1.88. The van der Waals surface area contributed by atoms with E-state index in [4.69, 9.17) is 0 Å². The van der Waals surface area contributed by atoms with E-state index in [2.05, 4.69) is 73.0 Å². The molecule has 0 amide bonds. The van der Waals surface area contributed by atoms with Gasteiger partial charge in [-0.1, -0.05) is 114 Å². The van der Waals surface area contributed by atoms with Crippen molar-refractivity contribution >= 4 is 53.7 Å². The summed E-state index contributed by atoms with van der Waals surface area (Å²) in [4.78, 5) is 0. The van der Waals surface area contributed by atoms with Gasteiger partial charge in [-0.05, 0) is 80.4 Å². The van der Waals surface area contributed by atoms with E-state index in [1.54, 1.807) is 0 Å². The summed E-state index contributed by atoms with van der Waals surface area (Å²) in [5.41, 5.74) is 1.49. The highest BCUT2D eigenvalue weighted by atomic mass is 32.1. The van der Waals surface area contributed by atoms with Crippen molar-refractivity contribution < 1.29 is 0 Å². The zero-order chi connectivity index (χ0) is 23.9. The molecule has 0 atom stereocenters. The number of hydrogen-bond donors (Lipinski definition) is 0. The first-order valence-electron chi connectivity index (χ1n) is 14.1. The molecule has 0 saturated carbocycles. The van der Waals surface area contributed by atoms with Crippen LogP contribution < -0.4 is 0 Å². The van der Waals surface area contributed by atoms with E-state index in [1.165, 1.54) is 131 Å². The van der Waals surface area contributed by atoms with Crippen LogP contribution in [0.1, 0.15) is 89.5 Å². The SMILES string of the molecule is CCCCCCCCCCCCCCc1ccc2cc3c(ccc4c5ccsc5ccc34)cc2c1. The van der Waals surface area contributed by atoms with Gasteiger partial charge in [0.1, 0.15) is 0 Å². The maximum Gasteiger partial charge on any atom is 0.0349 e. The van der Waals surface area contributed by atoms with Gasteiger partial charge in [-0.2, -0.15) is 0 Å². The number of aryl methyl sites for hydroxylation is 1. The Labute approximate surface area is 215 Å². The Morgan fingerprint density at radius 2 is 1.14 bits per heavy atom. The lowest BCUT2D eigenvalue weighted by molar-refractivity contribution is 0.544. The molecule has 5 aromatic rings. The van der Waals surface area contributed by atoms with Crippen molar-refractivity contribution in [3.63, 3.8) is 0 Å². The van der Waals surface area contributed by atoms with Gasteiger partial charge < -0.3 is 0 Å². The van der Waals surface area contributed by atoms with E-state index in [0.717, 1.165) is 0 Å². The Hall–Kier alpha value is -2.38. The van der Waals surface area contributed by atoms with E-state index >= 15 is 0 Å². The lowest BCUT2D eigenvalue weighted by atomic mass is 9.95. The third-order valence-corrected chi connectivity index (χ3v) is 8.67. The molecule has 0 aliphatic heterocycles. The molecule has 0 aliphatic rings. The predicted molar refractivity (Wildman–Crippen MR) is 159 cm³/mol. The Morgan fingerprint density at radius 1 is 0.486 bits per heavy atom. The molecular formula is C34H40S. The highest BCUT2D eigenvalue weighted by Crippen LogP contribution is 2.35. The van der Waals surface area contributed by atoms with Gasteiger partial charge in [-0.25, -0.2) is 0 Å². The lowest BCUT2D eigenvalue weighted by Gasteiger charge is -2.09. The first kappa shape index (κ1) is 24.3. The summed E-state index contributed by atoms with van der Waals surface area (Å²) in [6.45, 7) is 2.30. The quantitative estimate of drug-likeness (QED) is 0.0892. The molecule has 0 aliphatic carbocycles. The number of unbranched alkanes of at least 4 members (excludes halogenated alkanes) is 11. The summed E-state index contributed by atoms with van der Waals surface area (Å²) >= 11 is 1.83. The molecule has 1 aromatic heterocycles. The molecule has 1 heterocycles. The van der Waals surface area contributed by atoms with Gasteiger partial charge in [0.05, 0.1) is 0 Å². The normalized spacial score (nSPS) is 11.9. The maximum atomic E-state index is 2.43. The highest BCUT2D eigenvalue weighted by Gasteiger charge is 2.07. The van der Waals surface area contributed by atoms with Crippen molar-refractivity contribution in [2.45, 2.75) is 90.4 Å². The second-order valence-electron chi connectivity index (χ2n) is 10.5. The number of benzene rings is 4. The van der Waals surface area contributed by atoms with Crippen molar-refractivity contribution in [2.24, 2.45) is 0 Å². The second kappa shape index (κ2) is 12.0. The summed E-state index contributed by atoms with van der Waals surface area (Å²) in [5, 5.41) is 11.8. The van der Waals surface area contributed by atoms with Gasteiger partial charge >= 0.3 is 0 Å².